The zero-order valence-corrected chi connectivity index (χ0v) is 13.1. The Labute approximate surface area is 127 Å². The molecule has 0 atom stereocenters. The molecule has 1 heterocycles. The molecule has 2 aromatic rings. The van der Waals surface area contributed by atoms with Gasteiger partial charge in [-0.15, -0.1) is 0 Å². The standard InChI is InChI=1S/C16H18BrNO2/c1-11-12(8-14(20-11)9-18-13-6-7-13)10-19-16-5-3-2-4-15(16)17/h2-5,8,13,18H,6-7,9-10H2,1H3. The van der Waals surface area contributed by atoms with Crippen LogP contribution in [0.3, 0.4) is 0 Å². The monoisotopic (exact) mass is 335 g/mol. The van der Waals surface area contributed by atoms with Crippen LogP contribution in [-0.4, -0.2) is 6.04 Å². The lowest BCUT2D eigenvalue weighted by Gasteiger charge is -2.06. The number of benzene rings is 1. The van der Waals surface area contributed by atoms with Crippen LogP contribution in [0, 0.1) is 6.92 Å². The van der Waals surface area contributed by atoms with Crippen LogP contribution in [0.4, 0.5) is 0 Å². The fourth-order valence-corrected chi connectivity index (χ4v) is 2.47. The van der Waals surface area contributed by atoms with Crippen LogP contribution >= 0.6 is 15.9 Å². The van der Waals surface area contributed by atoms with Crippen molar-refractivity contribution in [3.05, 3.63) is 51.9 Å². The Balaban J connectivity index is 1.60. The molecule has 20 heavy (non-hydrogen) atoms. The molecule has 0 amide bonds. The zero-order valence-electron chi connectivity index (χ0n) is 11.5. The number of para-hydroxylation sites is 1. The number of ether oxygens (including phenoxy) is 1. The molecule has 1 aliphatic rings. The lowest BCUT2D eigenvalue weighted by Crippen LogP contribution is -2.14. The van der Waals surface area contributed by atoms with E-state index in [-0.39, 0.29) is 0 Å². The Morgan fingerprint density at radius 2 is 2.15 bits per heavy atom. The second kappa shape index (κ2) is 6.02. The molecule has 0 saturated heterocycles. The van der Waals surface area contributed by atoms with Gasteiger partial charge < -0.3 is 14.5 Å². The number of hydrogen-bond acceptors (Lipinski definition) is 3. The smallest absolute Gasteiger partial charge is 0.133 e. The number of halogens is 1. The molecule has 3 nitrogen and oxygen atoms in total. The number of aryl methyl sites for hydroxylation is 1. The van der Waals surface area contributed by atoms with Crippen molar-refractivity contribution < 1.29 is 9.15 Å². The Morgan fingerprint density at radius 3 is 2.90 bits per heavy atom. The molecule has 1 N–H and O–H groups in total. The van der Waals surface area contributed by atoms with E-state index in [0.717, 1.165) is 33.9 Å². The topological polar surface area (TPSA) is 34.4 Å². The Kier molecular flexibility index (Phi) is 4.13. The molecule has 0 bridgehead atoms. The van der Waals surface area contributed by atoms with Crippen LogP contribution in [0.1, 0.15) is 29.9 Å². The van der Waals surface area contributed by atoms with E-state index in [9.17, 15) is 0 Å². The number of hydrogen-bond donors (Lipinski definition) is 1. The molecule has 0 unspecified atom stereocenters. The molecular weight excluding hydrogens is 318 g/mol. The average molecular weight is 336 g/mol. The van der Waals surface area contributed by atoms with Gasteiger partial charge in [0.2, 0.25) is 0 Å². The first-order chi connectivity index (χ1) is 9.72. The van der Waals surface area contributed by atoms with Gasteiger partial charge in [-0.05, 0) is 53.9 Å². The van der Waals surface area contributed by atoms with Crippen LogP contribution in [0.2, 0.25) is 0 Å². The van der Waals surface area contributed by atoms with Gasteiger partial charge in [-0.1, -0.05) is 12.1 Å². The van der Waals surface area contributed by atoms with Crippen LogP contribution in [-0.2, 0) is 13.2 Å². The molecule has 106 valence electrons. The number of rotatable bonds is 6. The normalized spacial score (nSPS) is 14.5. The molecule has 1 aromatic carbocycles. The fraction of sp³-hybridized carbons (Fsp3) is 0.375. The minimum Gasteiger partial charge on any atom is -0.488 e. The maximum Gasteiger partial charge on any atom is 0.133 e. The first-order valence-corrected chi connectivity index (χ1v) is 7.70. The molecule has 0 spiro atoms. The molecule has 0 radical (unpaired) electrons. The van der Waals surface area contributed by atoms with Crippen molar-refractivity contribution in [2.24, 2.45) is 0 Å². The summed E-state index contributed by atoms with van der Waals surface area (Å²) in [7, 11) is 0. The average Bonchev–Trinajstić information content (AvgIpc) is 3.20. The SMILES string of the molecule is Cc1oc(CNC2CC2)cc1COc1ccccc1Br. The molecular formula is C16H18BrNO2. The minimum absolute atomic E-state index is 0.529. The lowest BCUT2D eigenvalue weighted by atomic mass is 10.2. The van der Waals surface area contributed by atoms with Gasteiger partial charge in [0.15, 0.2) is 0 Å². The summed E-state index contributed by atoms with van der Waals surface area (Å²) < 4.78 is 12.6. The fourth-order valence-electron chi connectivity index (χ4n) is 2.07. The largest absolute Gasteiger partial charge is 0.488 e. The Morgan fingerprint density at radius 1 is 1.35 bits per heavy atom. The van der Waals surface area contributed by atoms with Gasteiger partial charge in [-0.3, -0.25) is 0 Å². The summed E-state index contributed by atoms with van der Waals surface area (Å²) in [6.07, 6.45) is 2.58. The van der Waals surface area contributed by atoms with Crippen molar-refractivity contribution in [1.29, 1.82) is 0 Å². The van der Waals surface area contributed by atoms with Crippen LogP contribution < -0.4 is 10.1 Å². The highest BCUT2D eigenvalue weighted by molar-refractivity contribution is 9.10. The molecule has 1 aromatic heterocycles. The molecule has 4 heteroatoms. The first-order valence-electron chi connectivity index (χ1n) is 6.91. The van der Waals surface area contributed by atoms with Crippen molar-refractivity contribution >= 4 is 15.9 Å². The first kappa shape index (κ1) is 13.7. The van der Waals surface area contributed by atoms with E-state index in [0.29, 0.717) is 12.6 Å². The summed E-state index contributed by atoms with van der Waals surface area (Å²) >= 11 is 3.48. The van der Waals surface area contributed by atoms with Crippen molar-refractivity contribution in [2.45, 2.75) is 39.0 Å². The van der Waals surface area contributed by atoms with Gasteiger partial charge in [0.25, 0.3) is 0 Å². The molecule has 0 aliphatic heterocycles. The number of nitrogens with one attached hydrogen (secondary N) is 1. The van der Waals surface area contributed by atoms with Gasteiger partial charge in [-0.25, -0.2) is 0 Å². The predicted molar refractivity (Wildman–Crippen MR) is 81.8 cm³/mol. The highest BCUT2D eigenvalue weighted by atomic mass is 79.9. The van der Waals surface area contributed by atoms with E-state index < -0.39 is 0 Å². The summed E-state index contributed by atoms with van der Waals surface area (Å²) in [5, 5.41) is 3.45. The highest BCUT2D eigenvalue weighted by Gasteiger charge is 2.20. The Hall–Kier alpha value is -1.26. The van der Waals surface area contributed by atoms with Crippen LogP contribution in [0.25, 0.3) is 0 Å². The summed E-state index contributed by atoms with van der Waals surface area (Å²) in [4.78, 5) is 0. The maximum absolute atomic E-state index is 5.83. The third-order valence-electron chi connectivity index (χ3n) is 3.43. The van der Waals surface area contributed by atoms with Gasteiger partial charge in [0.1, 0.15) is 23.9 Å². The molecule has 1 aliphatic carbocycles. The van der Waals surface area contributed by atoms with Crippen molar-refractivity contribution in [1.82, 2.24) is 5.32 Å². The van der Waals surface area contributed by atoms with Gasteiger partial charge in [-0.2, -0.15) is 0 Å². The highest BCUT2D eigenvalue weighted by Crippen LogP contribution is 2.26. The van der Waals surface area contributed by atoms with Crippen molar-refractivity contribution in [3.63, 3.8) is 0 Å². The summed E-state index contributed by atoms with van der Waals surface area (Å²) in [6, 6.07) is 10.6. The molecule has 1 saturated carbocycles. The van der Waals surface area contributed by atoms with Crippen LogP contribution in [0.5, 0.6) is 5.75 Å². The van der Waals surface area contributed by atoms with E-state index >= 15 is 0 Å². The van der Waals surface area contributed by atoms with Crippen molar-refractivity contribution in [3.8, 4) is 5.75 Å². The van der Waals surface area contributed by atoms with Gasteiger partial charge in [0.05, 0.1) is 11.0 Å². The predicted octanol–water partition coefficient (Wildman–Crippen LogP) is 4.18. The third kappa shape index (κ3) is 3.44. The summed E-state index contributed by atoms with van der Waals surface area (Å²) in [5.41, 5.74) is 1.10. The molecule has 3 rings (SSSR count). The van der Waals surface area contributed by atoms with E-state index in [2.05, 4.69) is 27.3 Å². The number of furan rings is 1. The van der Waals surface area contributed by atoms with E-state index in [1.165, 1.54) is 12.8 Å². The maximum atomic E-state index is 5.83. The second-order valence-corrected chi connectivity index (χ2v) is 6.02. The third-order valence-corrected chi connectivity index (χ3v) is 4.09. The minimum atomic E-state index is 0.529. The Bertz CT molecular complexity index is 590. The van der Waals surface area contributed by atoms with Gasteiger partial charge in [0, 0.05) is 11.6 Å². The zero-order chi connectivity index (χ0) is 13.9. The van der Waals surface area contributed by atoms with Crippen molar-refractivity contribution in [2.75, 3.05) is 0 Å². The lowest BCUT2D eigenvalue weighted by molar-refractivity contribution is 0.301. The quantitative estimate of drug-likeness (QED) is 0.859. The summed E-state index contributed by atoms with van der Waals surface area (Å²) in [6.45, 7) is 3.32. The summed E-state index contributed by atoms with van der Waals surface area (Å²) in [5.74, 6) is 2.77. The van der Waals surface area contributed by atoms with E-state index in [1.807, 2.05) is 31.2 Å². The van der Waals surface area contributed by atoms with Crippen LogP contribution in [0.15, 0.2) is 39.2 Å². The van der Waals surface area contributed by atoms with E-state index in [4.69, 9.17) is 9.15 Å². The van der Waals surface area contributed by atoms with Gasteiger partial charge >= 0.3 is 0 Å². The second-order valence-electron chi connectivity index (χ2n) is 5.17. The molecule has 1 fully saturated rings. The van der Waals surface area contributed by atoms with E-state index in [1.54, 1.807) is 0 Å².